The summed E-state index contributed by atoms with van der Waals surface area (Å²) < 4.78 is 7.43. The van der Waals surface area contributed by atoms with Crippen LogP contribution in [0, 0.1) is 19.8 Å². The molecule has 0 aliphatic carbocycles. The van der Waals surface area contributed by atoms with E-state index >= 15 is 0 Å². The van der Waals surface area contributed by atoms with Crippen LogP contribution in [-0.2, 0) is 19.5 Å². The molecule has 128 valence electrons. The summed E-state index contributed by atoms with van der Waals surface area (Å²) in [5.41, 5.74) is 2.13. The van der Waals surface area contributed by atoms with Crippen LogP contribution in [0.5, 0.6) is 0 Å². The Hall–Kier alpha value is -1.34. The zero-order valence-electron chi connectivity index (χ0n) is 14.7. The van der Waals surface area contributed by atoms with E-state index in [9.17, 15) is 0 Å². The van der Waals surface area contributed by atoms with Crippen LogP contribution in [0.1, 0.15) is 43.1 Å². The van der Waals surface area contributed by atoms with Crippen molar-refractivity contribution in [3.63, 3.8) is 0 Å². The molecule has 2 aromatic heterocycles. The van der Waals surface area contributed by atoms with Gasteiger partial charge in [-0.3, -0.25) is 0 Å². The maximum atomic E-state index is 5.18. The van der Waals surface area contributed by atoms with Crippen LogP contribution in [0.15, 0.2) is 9.68 Å². The standard InChI is InChI=1S/C16H27N5OS/c1-11(2)10-21-15(18-19-16(21)23-5)7-6-8-17-9-14-12(3)20-22-13(14)4/h11,17H,6-10H2,1-5H3. The number of thioether (sulfide) groups is 1. The van der Waals surface area contributed by atoms with Gasteiger partial charge in [-0.2, -0.15) is 0 Å². The first-order valence-corrected chi connectivity index (χ1v) is 9.34. The van der Waals surface area contributed by atoms with Gasteiger partial charge in [0, 0.05) is 25.1 Å². The normalized spacial score (nSPS) is 11.6. The first kappa shape index (κ1) is 18.0. The van der Waals surface area contributed by atoms with Crippen LogP contribution < -0.4 is 5.32 Å². The van der Waals surface area contributed by atoms with Gasteiger partial charge in [0.1, 0.15) is 11.6 Å². The van der Waals surface area contributed by atoms with Gasteiger partial charge in [0.25, 0.3) is 0 Å². The summed E-state index contributed by atoms with van der Waals surface area (Å²) >= 11 is 1.66. The molecule has 2 rings (SSSR count). The molecule has 0 aliphatic heterocycles. The SMILES string of the molecule is CSc1nnc(CCCNCc2c(C)noc2C)n1CC(C)C. The van der Waals surface area contributed by atoms with Crippen molar-refractivity contribution < 1.29 is 4.52 Å². The molecule has 7 heteroatoms. The highest BCUT2D eigenvalue weighted by Crippen LogP contribution is 2.17. The molecule has 0 fully saturated rings. The maximum Gasteiger partial charge on any atom is 0.190 e. The van der Waals surface area contributed by atoms with Crippen LogP contribution in [0.4, 0.5) is 0 Å². The summed E-state index contributed by atoms with van der Waals surface area (Å²) in [6, 6.07) is 0. The average molecular weight is 337 g/mol. The van der Waals surface area contributed by atoms with E-state index in [0.29, 0.717) is 5.92 Å². The van der Waals surface area contributed by atoms with E-state index in [1.165, 1.54) is 0 Å². The Morgan fingerprint density at radius 1 is 1.26 bits per heavy atom. The van der Waals surface area contributed by atoms with Gasteiger partial charge < -0.3 is 14.4 Å². The van der Waals surface area contributed by atoms with Gasteiger partial charge in [0.15, 0.2) is 5.16 Å². The lowest BCUT2D eigenvalue weighted by atomic mass is 10.2. The molecule has 0 aliphatic rings. The fraction of sp³-hybridized carbons (Fsp3) is 0.688. The van der Waals surface area contributed by atoms with Crippen molar-refractivity contribution in [3.8, 4) is 0 Å². The van der Waals surface area contributed by atoms with Gasteiger partial charge in [-0.05, 0) is 39.0 Å². The molecule has 0 saturated heterocycles. The Bertz CT molecular complexity index is 601. The Morgan fingerprint density at radius 2 is 2.04 bits per heavy atom. The second-order valence-electron chi connectivity index (χ2n) is 6.19. The van der Waals surface area contributed by atoms with E-state index in [-0.39, 0.29) is 0 Å². The Morgan fingerprint density at radius 3 is 2.65 bits per heavy atom. The lowest BCUT2D eigenvalue weighted by molar-refractivity contribution is 0.392. The number of nitrogens with one attached hydrogen (secondary N) is 1. The zero-order chi connectivity index (χ0) is 16.8. The molecule has 0 amide bonds. The molecule has 0 aromatic carbocycles. The molecule has 0 atom stereocenters. The number of aryl methyl sites for hydroxylation is 3. The van der Waals surface area contributed by atoms with E-state index < -0.39 is 0 Å². The van der Waals surface area contributed by atoms with Crippen molar-refractivity contribution in [2.24, 2.45) is 5.92 Å². The van der Waals surface area contributed by atoms with Crippen molar-refractivity contribution in [3.05, 3.63) is 22.8 Å². The minimum atomic E-state index is 0.591. The molecular formula is C16H27N5OS. The minimum Gasteiger partial charge on any atom is -0.361 e. The highest BCUT2D eigenvalue weighted by molar-refractivity contribution is 7.98. The lowest BCUT2D eigenvalue weighted by Crippen LogP contribution is -2.17. The first-order valence-electron chi connectivity index (χ1n) is 8.11. The smallest absolute Gasteiger partial charge is 0.190 e. The first-order chi connectivity index (χ1) is 11.0. The highest BCUT2D eigenvalue weighted by Gasteiger charge is 2.12. The molecular weight excluding hydrogens is 310 g/mol. The predicted octanol–water partition coefficient (Wildman–Crippen LogP) is 2.98. The van der Waals surface area contributed by atoms with Crippen molar-refractivity contribution in [1.82, 2.24) is 25.2 Å². The molecule has 0 radical (unpaired) electrons. The molecule has 0 unspecified atom stereocenters. The summed E-state index contributed by atoms with van der Waals surface area (Å²) in [4.78, 5) is 0. The Kier molecular flexibility index (Phi) is 6.65. The summed E-state index contributed by atoms with van der Waals surface area (Å²) in [5, 5.41) is 17.1. The monoisotopic (exact) mass is 337 g/mol. The third kappa shape index (κ3) is 4.81. The van der Waals surface area contributed by atoms with Crippen LogP contribution in [0.2, 0.25) is 0 Å². The molecule has 0 spiro atoms. The molecule has 0 saturated carbocycles. The highest BCUT2D eigenvalue weighted by atomic mass is 32.2. The van der Waals surface area contributed by atoms with Gasteiger partial charge in [-0.25, -0.2) is 0 Å². The van der Waals surface area contributed by atoms with Crippen LogP contribution in [0.25, 0.3) is 0 Å². The Balaban J connectivity index is 1.81. The summed E-state index contributed by atoms with van der Waals surface area (Å²) in [6.45, 7) is 11.1. The van der Waals surface area contributed by atoms with E-state index in [2.05, 4.69) is 45.3 Å². The van der Waals surface area contributed by atoms with Crippen LogP contribution in [0.3, 0.4) is 0 Å². The fourth-order valence-electron chi connectivity index (χ4n) is 2.54. The third-order valence-corrected chi connectivity index (χ3v) is 4.43. The average Bonchev–Trinajstić information content (AvgIpc) is 3.03. The van der Waals surface area contributed by atoms with Crippen molar-refractivity contribution in [1.29, 1.82) is 0 Å². The van der Waals surface area contributed by atoms with Crippen LogP contribution in [-0.4, -0.2) is 32.7 Å². The second-order valence-corrected chi connectivity index (χ2v) is 6.96. The van der Waals surface area contributed by atoms with Crippen molar-refractivity contribution in [2.75, 3.05) is 12.8 Å². The maximum absolute atomic E-state index is 5.18. The van der Waals surface area contributed by atoms with Crippen molar-refractivity contribution >= 4 is 11.8 Å². The van der Waals surface area contributed by atoms with E-state index in [4.69, 9.17) is 4.52 Å². The number of nitrogens with zero attached hydrogens (tertiary/aromatic N) is 4. The summed E-state index contributed by atoms with van der Waals surface area (Å²) in [5.74, 6) is 2.58. The van der Waals surface area contributed by atoms with E-state index in [0.717, 1.165) is 60.5 Å². The summed E-state index contributed by atoms with van der Waals surface area (Å²) in [6.07, 6.45) is 4.03. The number of hydrogen-bond donors (Lipinski definition) is 1. The molecule has 6 nitrogen and oxygen atoms in total. The fourth-order valence-corrected chi connectivity index (χ4v) is 3.07. The van der Waals surface area contributed by atoms with Gasteiger partial charge in [-0.15, -0.1) is 10.2 Å². The number of hydrogen-bond acceptors (Lipinski definition) is 6. The molecule has 1 N–H and O–H groups in total. The largest absolute Gasteiger partial charge is 0.361 e. The van der Waals surface area contributed by atoms with E-state index in [1.54, 1.807) is 11.8 Å². The lowest BCUT2D eigenvalue weighted by Gasteiger charge is -2.11. The van der Waals surface area contributed by atoms with Gasteiger partial charge in [-0.1, -0.05) is 30.8 Å². The van der Waals surface area contributed by atoms with Gasteiger partial charge in [0.2, 0.25) is 0 Å². The molecule has 2 heterocycles. The Labute approximate surface area is 142 Å². The van der Waals surface area contributed by atoms with Crippen LogP contribution >= 0.6 is 11.8 Å². The minimum absolute atomic E-state index is 0.591. The molecule has 23 heavy (non-hydrogen) atoms. The third-order valence-electron chi connectivity index (χ3n) is 3.76. The zero-order valence-corrected chi connectivity index (χ0v) is 15.5. The topological polar surface area (TPSA) is 68.8 Å². The van der Waals surface area contributed by atoms with Crippen molar-refractivity contribution in [2.45, 2.75) is 58.8 Å². The summed E-state index contributed by atoms with van der Waals surface area (Å²) in [7, 11) is 0. The quantitative estimate of drug-likeness (QED) is 0.560. The molecule has 2 aromatic rings. The van der Waals surface area contributed by atoms with Gasteiger partial charge in [0.05, 0.1) is 5.69 Å². The number of rotatable bonds is 9. The van der Waals surface area contributed by atoms with Gasteiger partial charge >= 0.3 is 0 Å². The molecule has 0 bridgehead atoms. The predicted molar refractivity (Wildman–Crippen MR) is 92.6 cm³/mol. The van der Waals surface area contributed by atoms with E-state index in [1.807, 2.05) is 13.8 Å². The number of aromatic nitrogens is 4. The second kappa shape index (κ2) is 8.49.